The Labute approximate surface area is 115 Å². The molecule has 0 bridgehead atoms. The van der Waals surface area contributed by atoms with Gasteiger partial charge in [-0.3, -0.25) is 4.79 Å². The third-order valence-electron chi connectivity index (χ3n) is 2.43. The third-order valence-corrected chi connectivity index (χ3v) is 3.50. The lowest BCUT2D eigenvalue weighted by Gasteiger charge is -2.14. The second kappa shape index (κ2) is 6.87. The molecule has 17 heavy (non-hydrogen) atoms. The van der Waals surface area contributed by atoms with Crippen LogP contribution in [0.5, 0.6) is 5.75 Å². The lowest BCUT2D eigenvalue weighted by molar-refractivity contribution is 0.0938. The first-order chi connectivity index (χ1) is 8.12. The highest BCUT2D eigenvalue weighted by Gasteiger charge is 2.14. The van der Waals surface area contributed by atoms with Gasteiger partial charge < -0.3 is 10.1 Å². The maximum absolute atomic E-state index is 12.0. The fourth-order valence-electron chi connectivity index (χ4n) is 1.32. The van der Waals surface area contributed by atoms with Gasteiger partial charge in [0.1, 0.15) is 5.75 Å². The predicted molar refractivity (Wildman–Crippen MR) is 73.0 cm³/mol. The van der Waals surface area contributed by atoms with Gasteiger partial charge in [-0.1, -0.05) is 6.92 Å². The highest BCUT2D eigenvalue weighted by Crippen LogP contribution is 2.22. The smallest absolute Gasteiger partial charge is 0.252 e. The minimum atomic E-state index is -0.150. The Bertz CT molecular complexity index is 394. The van der Waals surface area contributed by atoms with Crippen molar-refractivity contribution in [3.8, 4) is 5.75 Å². The van der Waals surface area contributed by atoms with Crippen LogP contribution in [0.2, 0.25) is 0 Å². The molecule has 1 amide bonds. The number of methoxy groups -OCH3 is 1. The second-order valence-electron chi connectivity index (χ2n) is 3.58. The zero-order valence-electron chi connectivity index (χ0n) is 9.80. The van der Waals surface area contributed by atoms with E-state index in [0.29, 0.717) is 17.2 Å². The van der Waals surface area contributed by atoms with Gasteiger partial charge in [-0.2, -0.15) is 0 Å². The molecule has 0 heterocycles. The SMILES string of the molecule is CCC(CCl)NC(=O)c1cc(OC)ccc1Br. The predicted octanol–water partition coefficient (Wildman–Crippen LogP) is 3.20. The minimum absolute atomic E-state index is 0.0118. The Balaban J connectivity index is 2.87. The largest absolute Gasteiger partial charge is 0.497 e. The van der Waals surface area contributed by atoms with Gasteiger partial charge in [-0.05, 0) is 40.5 Å². The topological polar surface area (TPSA) is 38.3 Å². The fraction of sp³-hybridized carbons (Fsp3) is 0.417. The molecule has 1 aromatic carbocycles. The van der Waals surface area contributed by atoms with Gasteiger partial charge in [-0.25, -0.2) is 0 Å². The molecule has 0 aliphatic heterocycles. The van der Waals surface area contributed by atoms with Crippen molar-refractivity contribution in [1.29, 1.82) is 0 Å². The van der Waals surface area contributed by atoms with E-state index in [0.717, 1.165) is 10.9 Å². The Morgan fingerprint density at radius 1 is 1.59 bits per heavy atom. The maximum Gasteiger partial charge on any atom is 0.252 e. The summed E-state index contributed by atoms with van der Waals surface area (Å²) in [5.74, 6) is 0.907. The molecule has 1 atom stereocenters. The van der Waals surface area contributed by atoms with Crippen LogP contribution < -0.4 is 10.1 Å². The quantitative estimate of drug-likeness (QED) is 0.846. The van der Waals surface area contributed by atoms with Crippen molar-refractivity contribution in [2.75, 3.05) is 13.0 Å². The molecule has 0 fully saturated rings. The molecule has 0 saturated heterocycles. The molecular weight excluding hydrogens is 305 g/mol. The van der Waals surface area contributed by atoms with Crippen molar-refractivity contribution in [2.45, 2.75) is 19.4 Å². The first-order valence-corrected chi connectivity index (χ1v) is 6.65. The van der Waals surface area contributed by atoms with E-state index in [1.165, 1.54) is 0 Å². The van der Waals surface area contributed by atoms with Crippen LogP contribution >= 0.6 is 27.5 Å². The molecule has 1 N–H and O–H groups in total. The number of rotatable bonds is 5. The van der Waals surface area contributed by atoms with Crippen LogP contribution in [0, 0.1) is 0 Å². The average molecular weight is 321 g/mol. The Morgan fingerprint density at radius 3 is 2.82 bits per heavy atom. The van der Waals surface area contributed by atoms with E-state index in [1.54, 1.807) is 25.3 Å². The summed E-state index contributed by atoms with van der Waals surface area (Å²) in [6.07, 6.45) is 0.802. The summed E-state index contributed by atoms with van der Waals surface area (Å²) in [4.78, 5) is 12.0. The molecule has 5 heteroatoms. The number of alkyl halides is 1. The summed E-state index contributed by atoms with van der Waals surface area (Å²) >= 11 is 9.09. The van der Waals surface area contributed by atoms with Crippen LogP contribution in [0.15, 0.2) is 22.7 Å². The number of amides is 1. The van der Waals surface area contributed by atoms with Gasteiger partial charge in [0.25, 0.3) is 5.91 Å². The molecule has 3 nitrogen and oxygen atoms in total. The first-order valence-electron chi connectivity index (χ1n) is 5.32. The summed E-state index contributed by atoms with van der Waals surface area (Å²) in [6.45, 7) is 1.98. The van der Waals surface area contributed by atoms with Crippen LogP contribution in [0.25, 0.3) is 0 Å². The zero-order valence-corrected chi connectivity index (χ0v) is 12.1. The minimum Gasteiger partial charge on any atom is -0.497 e. The molecular formula is C12H15BrClNO2. The Hall–Kier alpha value is -0.740. The summed E-state index contributed by atoms with van der Waals surface area (Å²) in [6, 6.07) is 5.26. The highest BCUT2D eigenvalue weighted by molar-refractivity contribution is 9.10. The molecule has 0 saturated carbocycles. The summed E-state index contributed by atoms with van der Waals surface area (Å²) in [5, 5.41) is 2.87. The van der Waals surface area contributed by atoms with Gasteiger partial charge in [-0.15, -0.1) is 11.6 Å². The van der Waals surface area contributed by atoms with Crippen molar-refractivity contribution in [3.63, 3.8) is 0 Å². The Morgan fingerprint density at radius 2 is 2.29 bits per heavy atom. The van der Waals surface area contributed by atoms with E-state index in [-0.39, 0.29) is 11.9 Å². The van der Waals surface area contributed by atoms with Crippen LogP contribution in [0.4, 0.5) is 0 Å². The van der Waals surface area contributed by atoms with Gasteiger partial charge in [0.2, 0.25) is 0 Å². The number of benzene rings is 1. The lowest BCUT2D eigenvalue weighted by Crippen LogP contribution is -2.35. The monoisotopic (exact) mass is 319 g/mol. The first kappa shape index (κ1) is 14.3. The van der Waals surface area contributed by atoms with Gasteiger partial charge in [0.15, 0.2) is 0 Å². The van der Waals surface area contributed by atoms with Crippen LogP contribution in [-0.2, 0) is 0 Å². The van der Waals surface area contributed by atoms with E-state index in [1.807, 2.05) is 6.92 Å². The van der Waals surface area contributed by atoms with E-state index >= 15 is 0 Å². The summed E-state index contributed by atoms with van der Waals surface area (Å²) in [5.41, 5.74) is 0.549. The molecule has 1 unspecified atom stereocenters. The van der Waals surface area contributed by atoms with Crippen LogP contribution in [-0.4, -0.2) is 24.9 Å². The molecule has 0 aliphatic rings. The van der Waals surface area contributed by atoms with E-state index in [2.05, 4.69) is 21.2 Å². The number of hydrogen-bond donors (Lipinski definition) is 1. The number of carbonyl (C=O) groups is 1. The van der Waals surface area contributed by atoms with Crippen molar-refractivity contribution < 1.29 is 9.53 Å². The van der Waals surface area contributed by atoms with Crippen molar-refractivity contribution in [3.05, 3.63) is 28.2 Å². The number of ether oxygens (including phenoxy) is 1. The van der Waals surface area contributed by atoms with Gasteiger partial charge in [0, 0.05) is 16.4 Å². The zero-order chi connectivity index (χ0) is 12.8. The maximum atomic E-state index is 12.0. The molecule has 94 valence electrons. The normalized spacial score (nSPS) is 12.0. The molecule has 1 aromatic rings. The highest BCUT2D eigenvalue weighted by atomic mass is 79.9. The number of halogens is 2. The van der Waals surface area contributed by atoms with Gasteiger partial charge in [0.05, 0.1) is 12.7 Å². The molecule has 0 aliphatic carbocycles. The average Bonchev–Trinajstić information content (AvgIpc) is 2.36. The van der Waals surface area contributed by atoms with Crippen LogP contribution in [0.1, 0.15) is 23.7 Å². The number of hydrogen-bond acceptors (Lipinski definition) is 2. The van der Waals surface area contributed by atoms with E-state index < -0.39 is 0 Å². The van der Waals surface area contributed by atoms with Crippen LogP contribution in [0.3, 0.4) is 0 Å². The van der Waals surface area contributed by atoms with Crippen molar-refractivity contribution in [2.24, 2.45) is 0 Å². The molecule has 0 spiro atoms. The Kier molecular flexibility index (Phi) is 5.78. The van der Waals surface area contributed by atoms with Crippen molar-refractivity contribution >= 4 is 33.4 Å². The molecule has 1 rings (SSSR count). The number of carbonyl (C=O) groups excluding carboxylic acids is 1. The number of nitrogens with one attached hydrogen (secondary N) is 1. The molecule has 0 radical (unpaired) electrons. The lowest BCUT2D eigenvalue weighted by atomic mass is 10.1. The van der Waals surface area contributed by atoms with Crippen molar-refractivity contribution in [1.82, 2.24) is 5.32 Å². The molecule has 0 aromatic heterocycles. The second-order valence-corrected chi connectivity index (χ2v) is 4.74. The van der Waals surface area contributed by atoms with Gasteiger partial charge >= 0.3 is 0 Å². The standard InChI is InChI=1S/C12H15BrClNO2/c1-3-8(7-14)15-12(16)10-6-9(17-2)4-5-11(10)13/h4-6,8H,3,7H2,1-2H3,(H,15,16). The third kappa shape index (κ3) is 3.89. The van der Waals surface area contributed by atoms with E-state index in [4.69, 9.17) is 16.3 Å². The van der Waals surface area contributed by atoms with E-state index in [9.17, 15) is 4.79 Å². The fourth-order valence-corrected chi connectivity index (χ4v) is 2.04. The summed E-state index contributed by atoms with van der Waals surface area (Å²) in [7, 11) is 1.57. The summed E-state index contributed by atoms with van der Waals surface area (Å²) < 4.78 is 5.83.